The Kier molecular flexibility index (Phi) is 5.04. The fourth-order valence-electron chi connectivity index (χ4n) is 2.53. The number of carbonyl (C=O) groups is 2. The second-order valence-electron chi connectivity index (χ2n) is 6.96. The highest BCUT2D eigenvalue weighted by Crippen LogP contribution is 2.25. The first-order chi connectivity index (χ1) is 12.3. The van der Waals surface area contributed by atoms with Gasteiger partial charge in [-0.3, -0.25) is 9.78 Å². The van der Waals surface area contributed by atoms with E-state index in [9.17, 15) is 9.59 Å². The van der Waals surface area contributed by atoms with Crippen molar-refractivity contribution in [2.45, 2.75) is 32.4 Å². The smallest absolute Gasteiger partial charge is 0.349 e. The van der Waals surface area contributed by atoms with Crippen molar-refractivity contribution in [3.63, 3.8) is 0 Å². The average molecular weight is 368 g/mol. The molecule has 0 aliphatic carbocycles. The molecule has 0 saturated heterocycles. The van der Waals surface area contributed by atoms with E-state index in [-0.39, 0.29) is 5.91 Å². The SMILES string of the molecule is CC(C)(C)NC(=O)[C@H](OC(=O)c1cccs1)c1ccc2ncccc2c1. The number of ether oxygens (including phenoxy) is 1. The minimum atomic E-state index is -1.03. The van der Waals surface area contributed by atoms with E-state index < -0.39 is 17.6 Å². The molecular formula is C20H20N2O3S. The van der Waals surface area contributed by atoms with E-state index in [4.69, 9.17) is 4.74 Å². The van der Waals surface area contributed by atoms with Gasteiger partial charge in [0.1, 0.15) is 4.88 Å². The van der Waals surface area contributed by atoms with Crippen LogP contribution in [-0.2, 0) is 9.53 Å². The lowest BCUT2D eigenvalue weighted by molar-refractivity contribution is -0.131. The molecule has 5 nitrogen and oxygen atoms in total. The molecule has 2 heterocycles. The number of benzene rings is 1. The highest BCUT2D eigenvalue weighted by atomic mass is 32.1. The molecule has 3 rings (SSSR count). The standard InChI is InChI=1S/C20H20N2O3S/c1-20(2,3)22-18(23)17(25-19(24)16-7-5-11-26-16)14-8-9-15-13(12-14)6-4-10-21-15/h4-12,17H,1-3H3,(H,22,23)/t17-/m1/s1. The van der Waals surface area contributed by atoms with Crippen LogP contribution >= 0.6 is 11.3 Å². The number of aromatic nitrogens is 1. The Labute approximate surface area is 156 Å². The summed E-state index contributed by atoms with van der Waals surface area (Å²) >= 11 is 1.28. The van der Waals surface area contributed by atoms with Gasteiger partial charge in [-0.1, -0.05) is 18.2 Å². The molecule has 0 fully saturated rings. The molecule has 0 bridgehead atoms. The lowest BCUT2D eigenvalue weighted by Crippen LogP contribution is -2.44. The molecule has 3 aromatic rings. The molecule has 1 amide bonds. The van der Waals surface area contributed by atoms with Gasteiger partial charge in [0.25, 0.3) is 5.91 Å². The fourth-order valence-corrected chi connectivity index (χ4v) is 3.13. The van der Waals surface area contributed by atoms with Crippen LogP contribution in [0, 0.1) is 0 Å². The predicted molar refractivity (Wildman–Crippen MR) is 102 cm³/mol. The van der Waals surface area contributed by atoms with E-state index in [0.29, 0.717) is 10.4 Å². The zero-order chi connectivity index (χ0) is 18.7. The lowest BCUT2D eigenvalue weighted by Gasteiger charge is -2.25. The predicted octanol–water partition coefficient (Wildman–Crippen LogP) is 4.11. The molecular weight excluding hydrogens is 348 g/mol. The molecule has 0 aliphatic rings. The van der Waals surface area contributed by atoms with Crippen LogP contribution in [0.4, 0.5) is 0 Å². The summed E-state index contributed by atoms with van der Waals surface area (Å²) < 4.78 is 5.58. The largest absolute Gasteiger partial charge is 0.443 e. The van der Waals surface area contributed by atoms with Crippen molar-refractivity contribution in [2.24, 2.45) is 0 Å². The minimum absolute atomic E-state index is 0.356. The first kappa shape index (κ1) is 18.1. The highest BCUT2D eigenvalue weighted by Gasteiger charge is 2.29. The van der Waals surface area contributed by atoms with Crippen molar-refractivity contribution in [3.8, 4) is 0 Å². The molecule has 2 aromatic heterocycles. The number of thiophene rings is 1. The Morgan fingerprint density at radius 2 is 1.96 bits per heavy atom. The van der Waals surface area contributed by atoms with Gasteiger partial charge in [-0.15, -0.1) is 11.3 Å². The summed E-state index contributed by atoms with van der Waals surface area (Å²) in [6.45, 7) is 5.65. The number of hydrogen-bond donors (Lipinski definition) is 1. The molecule has 0 saturated carbocycles. The Hall–Kier alpha value is -2.73. The third kappa shape index (κ3) is 4.26. The van der Waals surface area contributed by atoms with Crippen LogP contribution < -0.4 is 5.32 Å². The summed E-state index contributed by atoms with van der Waals surface area (Å²) in [5.41, 5.74) is 0.983. The monoisotopic (exact) mass is 368 g/mol. The number of pyridine rings is 1. The zero-order valence-corrected chi connectivity index (χ0v) is 15.7. The minimum Gasteiger partial charge on any atom is -0.443 e. The van der Waals surface area contributed by atoms with Crippen LogP contribution in [0.1, 0.15) is 42.1 Å². The number of rotatable bonds is 4. The Bertz CT molecular complexity index is 930. The van der Waals surface area contributed by atoms with Crippen molar-refractivity contribution in [1.29, 1.82) is 0 Å². The van der Waals surface area contributed by atoms with E-state index in [1.807, 2.05) is 45.0 Å². The van der Waals surface area contributed by atoms with E-state index in [0.717, 1.165) is 10.9 Å². The first-order valence-corrected chi connectivity index (χ1v) is 9.13. The van der Waals surface area contributed by atoms with Gasteiger partial charge in [0, 0.05) is 22.7 Å². The summed E-state index contributed by atoms with van der Waals surface area (Å²) in [5.74, 6) is -0.869. The third-order valence-electron chi connectivity index (χ3n) is 3.61. The van der Waals surface area contributed by atoms with Crippen molar-refractivity contribution in [1.82, 2.24) is 10.3 Å². The molecule has 134 valence electrons. The Balaban J connectivity index is 1.95. The maximum atomic E-state index is 12.8. The van der Waals surface area contributed by atoms with Gasteiger partial charge < -0.3 is 10.1 Å². The quantitative estimate of drug-likeness (QED) is 0.704. The highest BCUT2D eigenvalue weighted by molar-refractivity contribution is 7.11. The van der Waals surface area contributed by atoms with Gasteiger partial charge >= 0.3 is 5.97 Å². The van der Waals surface area contributed by atoms with Crippen LogP contribution in [-0.4, -0.2) is 22.4 Å². The molecule has 1 aromatic carbocycles. The molecule has 0 unspecified atom stereocenters. The molecule has 0 aliphatic heterocycles. The van der Waals surface area contributed by atoms with Crippen molar-refractivity contribution in [3.05, 3.63) is 64.5 Å². The summed E-state index contributed by atoms with van der Waals surface area (Å²) in [4.78, 5) is 30.0. The maximum absolute atomic E-state index is 12.8. The number of amides is 1. The van der Waals surface area contributed by atoms with Gasteiger partial charge in [-0.05, 0) is 50.4 Å². The van der Waals surface area contributed by atoms with E-state index in [1.54, 1.807) is 29.8 Å². The average Bonchev–Trinajstić information content (AvgIpc) is 3.12. The van der Waals surface area contributed by atoms with E-state index in [1.165, 1.54) is 11.3 Å². The summed E-state index contributed by atoms with van der Waals surface area (Å²) in [7, 11) is 0. The number of carbonyl (C=O) groups excluding carboxylic acids is 2. The summed E-state index contributed by atoms with van der Waals surface area (Å²) in [6, 6.07) is 12.6. The van der Waals surface area contributed by atoms with Crippen molar-refractivity contribution in [2.75, 3.05) is 0 Å². The third-order valence-corrected chi connectivity index (χ3v) is 4.46. The topological polar surface area (TPSA) is 68.3 Å². The number of nitrogens with one attached hydrogen (secondary N) is 1. The zero-order valence-electron chi connectivity index (χ0n) is 14.9. The fraction of sp³-hybridized carbons (Fsp3) is 0.250. The molecule has 26 heavy (non-hydrogen) atoms. The van der Waals surface area contributed by atoms with Crippen LogP contribution in [0.5, 0.6) is 0 Å². The second-order valence-corrected chi connectivity index (χ2v) is 7.91. The van der Waals surface area contributed by atoms with Gasteiger partial charge in [-0.25, -0.2) is 4.79 Å². The Morgan fingerprint density at radius 3 is 2.65 bits per heavy atom. The molecule has 0 spiro atoms. The number of fused-ring (bicyclic) bond motifs is 1. The van der Waals surface area contributed by atoms with Gasteiger partial charge in [0.2, 0.25) is 6.10 Å². The molecule has 0 radical (unpaired) electrons. The maximum Gasteiger partial charge on any atom is 0.349 e. The number of hydrogen-bond acceptors (Lipinski definition) is 5. The second kappa shape index (κ2) is 7.25. The molecule has 1 N–H and O–H groups in total. The molecule has 1 atom stereocenters. The summed E-state index contributed by atoms with van der Waals surface area (Å²) in [6.07, 6.45) is 0.677. The van der Waals surface area contributed by atoms with Gasteiger partial charge in [0.15, 0.2) is 0 Å². The van der Waals surface area contributed by atoms with Gasteiger partial charge in [0.05, 0.1) is 5.52 Å². The van der Waals surface area contributed by atoms with Crippen LogP contribution in [0.2, 0.25) is 0 Å². The normalized spacial score (nSPS) is 12.6. The van der Waals surface area contributed by atoms with E-state index in [2.05, 4.69) is 10.3 Å². The van der Waals surface area contributed by atoms with Gasteiger partial charge in [-0.2, -0.15) is 0 Å². The van der Waals surface area contributed by atoms with Crippen LogP contribution in [0.3, 0.4) is 0 Å². The first-order valence-electron chi connectivity index (χ1n) is 8.25. The lowest BCUT2D eigenvalue weighted by atomic mass is 10.0. The van der Waals surface area contributed by atoms with Crippen molar-refractivity contribution < 1.29 is 14.3 Å². The van der Waals surface area contributed by atoms with E-state index >= 15 is 0 Å². The van der Waals surface area contributed by atoms with Crippen LogP contribution in [0.25, 0.3) is 10.9 Å². The van der Waals surface area contributed by atoms with Crippen LogP contribution in [0.15, 0.2) is 54.0 Å². The molecule has 6 heteroatoms. The summed E-state index contributed by atoms with van der Waals surface area (Å²) in [5, 5.41) is 5.56. The number of nitrogens with zero attached hydrogens (tertiary/aromatic N) is 1. The Morgan fingerprint density at radius 1 is 1.15 bits per heavy atom. The number of esters is 1. The van der Waals surface area contributed by atoms with Crippen molar-refractivity contribution >= 4 is 34.1 Å².